The van der Waals surface area contributed by atoms with Crippen LogP contribution in [0.5, 0.6) is 0 Å². The van der Waals surface area contributed by atoms with E-state index < -0.39 is 16.4 Å². The average molecular weight is 342 g/mol. The highest BCUT2D eigenvalue weighted by atomic mass is 16.6. The number of nitro benzene ring substituents is 1. The van der Waals surface area contributed by atoms with E-state index in [-0.39, 0.29) is 22.8 Å². The number of aromatic nitrogens is 4. The first-order valence-corrected chi connectivity index (χ1v) is 7.52. The van der Waals surface area contributed by atoms with Crippen LogP contribution in [0.15, 0.2) is 35.1 Å². The SMILES string of the molecule is CCCc1nc2[nH]c(=O)cc(NC(=O)c3cccc([N+](=O)[O-])c3)n2n1. The highest BCUT2D eigenvalue weighted by molar-refractivity contribution is 6.04. The Morgan fingerprint density at radius 3 is 2.92 bits per heavy atom. The number of hydrogen-bond donors (Lipinski definition) is 2. The third kappa shape index (κ3) is 3.37. The zero-order valence-corrected chi connectivity index (χ0v) is 13.2. The summed E-state index contributed by atoms with van der Waals surface area (Å²) in [5.74, 6) is 0.286. The topological polar surface area (TPSA) is 135 Å². The molecule has 0 atom stereocenters. The van der Waals surface area contributed by atoms with Crippen LogP contribution in [0.25, 0.3) is 5.78 Å². The molecule has 10 heteroatoms. The lowest BCUT2D eigenvalue weighted by molar-refractivity contribution is -0.384. The maximum atomic E-state index is 12.4. The minimum absolute atomic E-state index is 0.0940. The van der Waals surface area contributed by atoms with Crippen LogP contribution in [0, 0.1) is 10.1 Å². The number of fused-ring (bicyclic) bond motifs is 1. The van der Waals surface area contributed by atoms with E-state index in [0.717, 1.165) is 12.5 Å². The van der Waals surface area contributed by atoms with Crippen molar-refractivity contribution in [3.8, 4) is 0 Å². The van der Waals surface area contributed by atoms with E-state index in [1.165, 1.54) is 28.8 Å². The molecule has 0 aliphatic heterocycles. The van der Waals surface area contributed by atoms with E-state index in [4.69, 9.17) is 0 Å². The first kappa shape index (κ1) is 16.3. The van der Waals surface area contributed by atoms with Gasteiger partial charge in [0.15, 0.2) is 5.82 Å². The zero-order valence-electron chi connectivity index (χ0n) is 13.2. The summed E-state index contributed by atoms with van der Waals surface area (Å²) in [7, 11) is 0. The molecule has 2 N–H and O–H groups in total. The van der Waals surface area contributed by atoms with Crippen LogP contribution >= 0.6 is 0 Å². The Labute approximate surface area is 140 Å². The van der Waals surface area contributed by atoms with E-state index in [1.54, 1.807) is 0 Å². The van der Waals surface area contributed by atoms with Gasteiger partial charge in [-0.3, -0.25) is 24.7 Å². The second-order valence-electron chi connectivity index (χ2n) is 5.29. The standard InChI is InChI=1S/C15H14N6O4/c1-2-4-11-16-15-18-13(22)8-12(20(15)19-11)17-14(23)9-5-3-6-10(7-9)21(24)25/h3,5-8H,2,4H2,1H3,(H,17,23)(H,16,18,19,22). The van der Waals surface area contributed by atoms with E-state index in [9.17, 15) is 19.7 Å². The molecule has 2 heterocycles. The number of benzene rings is 1. The molecule has 2 aromatic heterocycles. The molecule has 0 aliphatic rings. The predicted molar refractivity (Wildman–Crippen MR) is 88.7 cm³/mol. The molecule has 10 nitrogen and oxygen atoms in total. The first-order valence-electron chi connectivity index (χ1n) is 7.52. The number of aryl methyl sites for hydroxylation is 1. The highest BCUT2D eigenvalue weighted by Gasteiger charge is 2.15. The lowest BCUT2D eigenvalue weighted by atomic mass is 10.2. The summed E-state index contributed by atoms with van der Waals surface area (Å²) in [6.45, 7) is 1.97. The molecule has 0 saturated carbocycles. The van der Waals surface area contributed by atoms with Gasteiger partial charge >= 0.3 is 0 Å². The quantitative estimate of drug-likeness (QED) is 0.533. The van der Waals surface area contributed by atoms with Gasteiger partial charge in [-0.15, -0.1) is 5.10 Å². The zero-order chi connectivity index (χ0) is 18.0. The van der Waals surface area contributed by atoms with Crippen molar-refractivity contribution >= 4 is 23.2 Å². The third-order valence-corrected chi connectivity index (χ3v) is 3.42. The van der Waals surface area contributed by atoms with Gasteiger partial charge in [-0.25, -0.2) is 0 Å². The Morgan fingerprint density at radius 1 is 1.40 bits per heavy atom. The van der Waals surface area contributed by atoms with Gasteiger partial charge in [-0.2, -0.15) is 9.50 Å². The fourth-order valence-electron chi connectivity index (χ4n) is 2.30. The normalized spacial score (nSPS) is 10.8. The van der Waals surface area contributed by atoms with Crippen molar-refractivity contribution in [1.82, 2.24) is 19.6 Å². The molecule has 128 valence electrons. The summed E-state index contributed by atoms with van der Waals surface area (Å²) in [4.78, 5) is 41.1. The molecule has 0 bridgehead atoms. The van der Waals surface area contributed by atoms with Crippen LogP contribution in [0.3, 0.4) is 0 Å². The second kappa shape index (κ2) is 6.51. The molecule has 0 saturated heterocycles. The molecule has 3 aromatic rings. The highest BCUT2D eigenvalue weighted by Crippen LogP contribution is 2.15. The molecular weight excluding hydrogens is 328 g/mol. The summed E-state index contributed by atoms with van der Waals surface area (Å²) in [6, 6.07) is 6.47. The largest absolute Gasteiger partial charge is 0.306 e. The van der Waals surface area contributed by atoms with Crippen molar-refractivity contribution in [2.75, 3.05) is 5.32 Å². The Kier molecular flexibility index (Phi) is 4.25. The molecule has 0 radical (unpaired) electrons. The van der Waals surface area contributed by atoms with Crippen LogP contribution in [0.1, 0.15) is 29.5 Å². The van der Waals surface area contributed by atoms with Gasteiger partial charge in [0.05, 0.1) is 4.92 Å². The molecular formula is C15H14N6O4. The number of carbonyl (C=O) groups excluding carboxylic acids is 1. The summed E-state index contributed by atoms with van der Waals surface area (Å²) < 4.78 is 1.32. The Morgan fingerprint density at radius 2 is 2.20 bits per heavy atom. The Bertz CT molecular complexity index is 1020. The second-order valence-corrected chi connectivity index (χ2v) is 5.29. The summed E-state index contributed by atoms with van der Waals surface area (Å²) >= 11 is 0. The number of carbonyl (C=O) groups is 1. The molecule has 25 heavy (non-hydrogen) atoms. The van der Waals surface area contributed by atoms with Crippen molar-refractivity contribution in [2.45, 2.75) is 19.8 Å². The van der Waals surface area contributed by atoms with Crippen molar-refractivity contribution in [3.63, 3.8) is 0 Å². The van der Waals surface area contributed by atoms with Gasteiger partial charge < -0.3 is 5.32 Å². The van der Waals surface area contributed by atoms with Gasteiger partial charge in [0.1, 0.15) is 5.82 Å². The number of nitro groups is 1. The molecule has 1 aromatic carbocycles. The van der Waals surface area contributed by atoms with Crippen LogP contribution in [0.4, 0.5) is 11.5 Å². The number of nitrogens with zero attached hydrogens (tertiary/aromatic N) is 4. The minimum atomic E-state index is -0.594. The lowest BCUT2D eigenvalue weighted by Crippen LogP contribution is -2.18. The molecule has 0 aliphatic carbocycles. The molecule has 0 fully saturated rings. The fraction of sp³-hybridized carbons (Fsp3) is 0.200. The third-order valence-electron chi connectivity index (χ3n) is 3.42. The Balaban J connectivity index is 1.96. The number of rotatable bonds is 5. The van der Waals surface area contributed by atoms with Crippen LogP contribution in [0.2, 0.25) is 0 Å². The smallest absolute Gasteiger partial charge is 0.270 e. The number of anilines is 1. The number of amides is 1. The van der Waals surface area contributed by atoms with Gasteiger partial charge in [0.25, 0.3) is 17.2 Å². The molecule has 3 rings (SSSR count). The van der Waals surface area contributed by atoms with Gasteiger partial charge in [-0.05, 0) is 12.5 Å². The van der Waals surface area contributed by atoms with E-state index >= 15 is 0 Å². The lowest BCUT2D eigenvalue weighted by Gasteiger charge is -2.06. The first-order chi connectivity index (χ1) is 12.0. The monoisotopic (exact) mass is 342 g/mol. The molecule has 0 spiro atoms. The number of H-pyrrole nitrogens is 1. The number of non-ortho nitro benzene ring substituents is 1. The summed E-state index contributed by atoms with van der Waals surface area (Å²) in [5.41, 5.74) is -0.552. The number of nitrogens with one attached hydrogen (secondary N) is 2. The van der Waals surface area contributed by atoms with Crippen molar-refractivity contribution in [1.29, 1.82) is 0 Å². The number of aromatic amines is 1. The van der Waals surface area contributed by atoms with E-state index in [2.05, 4.69) is 20.4 Å². The van der Waals surface area contributed by atoms with Gasteiger partial charge in [0, 0.05) is 30.2 Å². The minimum Gasteiger partial charge on any atom is -0.306 e. The van der Waals surface area contributed by atoms with Crippen molar-refractivity contribution in [2.24, 2.45) is 0 Å². The van der Waals surface area contributed by atoms with E-state index in [0.29, 0.717) is 12.2 Å². The van der Waals surface area contributed by atoms with Crippen LogP contribution in [-0.4, -0.2) is 30.4 Å². The van der Waals surface area contributed by atoms with Crippen LogP contribution < -0.4 is 10.9 Å². The fourth-order valence-corrected chi connectivity index (χ4v) is 2.30. The van der Waals surface area contributed by atoms with Gasteiger partial charge in [0.2, 0.25) is 5.78 Å². The maximum Gasteiger partial charge on any atom is 0.270 e. The van der Waals surface area contributed by atoms with Crippen molar-refractivity contribution in [3.05, 3.63) is 62.2 Å². The summed E-state index contributed by atoms with van der Waals surface area (Å²) in [6.07, 6.45) is 1.46. The Hall–Kier alpha value is -3.56. The summed E-state index contributed by atoms with van der Waals surface area (Å²) in [5, 5.41) is 17.6. The molecule has 1 amide bonds. The van der Waals surface area contributed by atoms with Gasteiger partial charge in [-0.1, -0.05) is 13.0 Å². The van der Waals surface area contributed by atoms with Crippen molar-refractivity contribution < 1.29 is 9.72 Å². The van der Waals surface area contributed by atoms with E-state index in [1.807, 2.05) is 6.92 Å². The van der Waals surface area contributed by atoms with Crippen LogP contribution in [-0.2, 0) is 6.42 Å². The molecule has 0 unspecified atom stereocenters. The number of hydrogen-bond acceptors (Lipinski definition) is 6. The average Bonchev–Trinajstić information content (AvgIpc) is 2.97. The predicted octanol–water partition coefficient (Wildman–Crippen LogP) is 1.53. The maximum absolute atomic E-state index is 12.4.